The number of aliphatic carboxylic acids is 1. The number of ether oxygens (including phenoxy) is 1. The molecule has 0 aromatic heterocycles. The van der Waals surface area contributed by atoms with Gasteiger partial charge in [0.05, 0.1) is 13.2 Å². The summed E-state index contributed by atoms with van der Waals surface area (Å²) >= 11 is 0. The largest absolute Gasteiger partial charge is 0.480 e. The van der Waals surface area contributed by atoms with Gasteiger partial charge in [-0.3, -0.25) is 18.6 Å². The second-order valence-electron chi connectivity index (χ2n) is 14.5. The van der Waals surface area contributed by atoms with Gasteiger partial charge >= 0.3 is 19.8 Å². The van der Waals surface area contributed by atoms with Gasteiger partial charge < -0.3 is 25.2 Å². The van der Waals surface area contributed by atoms with Gasteiger partial charge in [-0.05, 0) is 77.0 Å². The summed E-state index contributed by atoms with van der Waals surface area (Å²) in [5.41, 5.74) is 0. The monoisotopic (exact) mass is 860 g/mol. The van der Waals surface area contributed by atoms with Crippen molar-refractivity contribution >= 4 is 25.7 Å². The molecule has 0 radical (unpaired) electrons. The van der Waals surface area contributed by atoms with Crippen molar-refractivity contribution in [1.82, 2.24) is 5.32 Å². The number of carbonyl (C=O) groups excluding carboxylic acids is 2. The summed E-state index contributed by atoms with van der Waals surface area (Å²) in [5, 5.41) is 21.7. The number of amides is 1. The first-order valence-corrected chi connectivity index (χ1v) is 23.8. The van der Waals surface area contributed by atoms with Crippen LogP contribution >= 0.6 is 7.82 Å². The van der Waals surface area contributed by atoms with Gasteiger partial charge in [-0.2, -0.15) is 0 Å². The van der Waals surface area contributed by atoms with Crippen LogP contribution in [0.5, 0.6) is 0 Å². The molecular weight excluding hydrogens is 781 g/mol. The first-order valence-electron chi connectivity index (χ1n) is 22.3. The minimum atomic E-state index is -4.79. The SMILES string of the molecule is CC/C=C\C/C=C\C/C=C\C/C=C\C/C=C\C/C=C\C/C=C\CC(=O)NC(COP(=O)(O)OCC(O)COC(=O)CCCCCCC/C=C\CCCCCCCC)C(=O)O. The van der Waals surface area contributed by atoms with Crippen LogP contribution in [0.25, 0.3) is 0 Å². The van der Waals surface area contributed by atoms with E-state index in [4.69, 9.17) is 13.8 Å². The van der Waals surface area contributed by atoms with E-state index < -0.39 is 57.6 Å². The first-order chi connectivity index (χ1) is 29.1. The van der Waals surface area contributed by atoms with Gasteiger partial charge in [0.1, 0.15) is 12.7 Å². The molecule has 3 atom stereocenters. The number of carbonyl (C=O) groups is 3. The Balaban J connectivity index is 4.07. The van der Waals surface area contributed by atoms with Gasteiger partial charge in [0.25, 0.3) is 0 Å². The molecule has 0 aliphatic heterocycles. The Labute approximate surface area is 362 Å². The zero-order chi connectivity index (χ0) is 44.2. The molecule has 0 saturated heterocycles. The molecule has 12 heteroatoms. The van der Waals surface area contributed by atoms with E-state index >= 15 is 0 Å². The van der Waals surface area contributed by atoms with Gasteiger partial charge in [-0.25, -0.2) is 9.36 Å². The molecule has 60 heavy (non-hydrogen) atoms. The van der Waals surface area contributed by atoms with Crippen LogP contribution in [-0.2, 0) is 32.7 Å². The van der Waals surface area contributed by atoms with Crippen molar-refractivity contribution in [2.24, 2.45) is 0 Å². The fourth-order valence-corrected chi connectivity index (χ4v) is 6.22. The summed E-state index contributed by atoms with van der Waals surface area (Å²) in [5.74, 6) is -2.57. The molecule has 3 unspecified atom stereocenters. The van der Waals surface area contributed by atoms with Crippen molar-refractivity contribution < 1.29 is 47.8 Å². The summed E-state index contributed by atoms with van der Waals surface area (Å²) in [7, 11) is -4.79. The van der Waals surface area contributed by atoms with Gasteiger partial charge in [-0.15, -0.1) is 0 Å². The van der Waals surface area contributed by atoms with Gasteiger partial charge in [0.15, 0.2) is 6.04 Å². The summed E-state index contributed by atoms with van der Waals surface area (Å²) < 4.78 is 26.8. The molecule has 0 heterocycles. The smallest absolute Gasteiger partial charge is 0.472 e. The molecule has 0 bridgehead atoms. The maximum Gasteiger partial charge on any atom is 0.472 e. The lowest BCUT2D eigenvalue weighted by molar-refractivity contribution is -0.147. The number of unbranched alkanes of at least 4 members (excludes halogenated alkanes) is 11. The predicted octanol–water partition coefficient (Wildman–Crippen LogP) is 11.7. The Morgan fingerprint density at radius 3 is 1.48 bits per heavy atom. The van der Waals surface area contributed by atoms with Crippen LogP contribution in [0.15, 0.2) is 97.2 Å². The molecule has 0 rings (SSSR count). The number of aliphatic hydroxyl groups excluding tert-OH is 1. The Bertz CT molecular complexity index is 1380. The minimum Gasteiger partial charge on any atom is -0.480 e. The van der Waals surface area contributed by atoms with Gasteiger partial charge in [0.2, 0.25) is 5.91 Å². The first kappa shape index (κ1) is 56.4. The normalized spacial score (nSPS) is 14.6. The van der Waals surface area contributed by atoms with E-state index in [1.54, 1.807) is 12.2 Å². The highest BCUT2D eigenvalue weighted by atomic mass is 31.2. The van der Waals surface area contributed by atoms with Crippen molar-refractivity contribution in [3.05, 3.63) is 97.2 Å². The molecule has 340 valence electrons. The summed E-state index contributed by atoms with van der Waals surface area (Å²) in [6, 6.07) is -1.61. The van der Waals surface area contributed by atoms with E-state index in [9.17, 15) is 34.1 Å². The number of carboxylic acid groups (broad SMARTS) is 1. The highest BCUT2D eigenvalue weighted by molar-refractivity contribution is 7.47. The second-order valence-corrected chi connectivity index (χ2v) is 16.0. The zero-order valence-electron chi connectivity index (χ0n) is 36.7. The van der Waals surface area contributed by atoms with Crippen LogP contribution in [0, 0.1) is 0 Å². The lowest BCUT2D eigenvalue weighted by Crippen LogP contribution is -2.43. The van der Waals surface area contributed by atoms with Crippen LogP contribution in [0.2, 0.25) is 0 Å². The molecule has 1 amide bonds. The van der Waals surface area contributed by atoms with Crippen LogP contribution in [0.3, 0.4) is 0 Å². The maximum atomic E-state index is 12.3. The Hall–Kier alpha value is -3.60. The number of aliphatic hydroxyl groups is 1. The summed E-state index contributed by atoms with van der Waals surface area (Å²) in [4.78, 5) is 45.9. The highest BCUT2D eigenvalue weighted by Crippen LogP contribution is 2.43. The average molecular weight is 860 g/mol. The number of phosphoric ester groups is 1. The van der Waals surface area contributed by atoms with Crippen LogP contribution < -0.4 is 5.32 Å². The molecule has 0 aliphatic rings. The molecule has 0 aromatic carbocycles. The van der Waals surface area contributed by atoms with Crippen molar-refractivity contribution in [3.63, 3.8) is 0 Å². The quantitative estimate of drug-likeness (QED) is 0.0201. The molecule has 0 saturated carbocycles. The lowest BCUT2D eigenvalue weighted by Gasteiger charge is -2.18. The van der Waals surface area contributed by atoms with E-state index in [0.29, 0.717) is 12.8 Å². The summed E-state index contributed by atoms with van der Waals surface area (Å²) in [6.45, 7) is 2.38. The number of nitrogens with one attached hydrogen (secondary N) is 1. The molecule has 11 nitrogen and oxygen atoms in total. The van der Waals surface area contributed by atoms with Crippen LogP contribution in [0.1, 0.15) is 155 Å². The Morgan fingerprint density at radius 2 is 1.00 bits per heavy atom. The molecule has 4 N–H and O–H groups in total. The second kappa shape index (κ2) is 42.1. The van der Waals surface area contributed by atoms with Crippen LogP contribution in [-0.4, -0.2) is 64.9 Å². The standard InChI is InChI=1S/C48H78NO10P/c1-3-5-7-9-11-13-15-17-19-20-21-22-23-24-26-27-29-31-33-35-37-39-46(51)49-45(48(53)54)43-59-60(55,56)58-42-44(50)41-57-47(52)40-38-36-34-32-30-28-25-18-16-14-12-10-8-6-4-2/h5,7,11,13,17-19,21-22,24-26,29,31,35,37,44-45,50H,3-4,6,8-10,12,14-16,20,23,27-28,30,32-34,36,38-43H2,1-2H3,(H,49,51)(H,53,54)(H,55,56)/b7-5-,13-11-,19-17-,22-21-,25-18-,26-24-,31-29-,37-35-. The average Bonchev–Trinajstić information content (AvgIpc) is 3.22. The third-order valence-corrected chi connectivity index (χ3v) is 9.84. The van der Waals surface area contributed by atoms with E-state index in [-0.39, 0.29) is 12.8 Å². The van der Waals surface area contributed by atoms with Crippen molar-refractivity contribution in [2.45, 2.75) is 167 Å². The third-order valence-electron chi connectivity index (χ3n) is 8.89. The van der Waals surface area contributed by atoms with E-state index in [1.807, 2.05) is 12.2 Å². The fraction of sp³-hybridized carbons (Fsp3) is 0.604. The lowest BCUT2D eigenvalue weighted by atomic mass is 10.1. The minimum absolute atomic E-state index is 0.0954. The van der Waals surface area contributed by atoms with E-state index in [2.05, 4.69) is 92.1 Å². The predicted molar refractivity (Wildman–Crippen MR) is 244 cm³/mol. The number of esters is 1. The molecule has 0 aliphatic carbocycles. The number of hydrogen-bond donors (Lipinski definition) is 4. The number of carboxylic acids is 1. The maximum absolute atomic E-state index is 12.3. The number of allylic oxidation sites excluding steroid dienone is 15. The third kappa shape index (κ3) is 41.1. The molecular formula is C48H78NO10P. The molecule has 0 spiro atoms. The van der Waals surface area contributed by atoms with Crippen molar-refractivity contribution in [2.75, 3.05) is 19.8 Å². The summed E-state index contributed by atoms with van der Waals surface area (Å²) in [6.07, 6.45) is 53.2. The van der Waals surface area contributed by atoms with E-state index in [1.165, 1.54) is 38.5 Å². The topological polar surface area (TPSA) is 169 Å². The number of rotatable bonds is 40. The zero-order valence-corrected chi connectivity index (χ0v) is 37.6. The van der Waals surface area contributed by atoms with Gasteiger partial charge in [0, 0.05) is 12.8 Å². The molecule has 0 aromatic rings. The van der Waals surface area contributed by atoms with Crippen molar-refractivity contribution in [1.29, 1.82) is 0 Å². The molecule has 0 fully saturated rings. The van der Waals surface area contributed by atoms with Crippen LogP contribution in [0.4, 0.5) is 0 Å². The Morgan fingerprint density at radius 1 is 0.567 bits per heavy atom. The Kier molecular flexibility index (Phi) is 39.6. The number of hydrogen-bond acceptors (Lipinski definition) is 8. The highest BCUT2D eigenvalue weighted by Gasteiger charge is 2.28. The number of phosphoric acid groups is 1. The van der Waals surface area contributed by atoms with E-state index in [0.717, 1.165) is 77.0 Å². The fourth-order valence-electron chi connectivity index (χ4n) is 5.45. The van der Waals surface area contributed by atoms with Gasteiger partial charge in [-0.1, -0.05) is 162 Å². The van der Waals surface area contributed by atoms with Crippen molar-refractivity contribution in [3.8, 4) is 0 Å².